The van der Waals surface area contributed by atoms with Crippen LogP contribution in [-0.2, 0) is 6.42 Å². The molecule has 1 N–H and O–H groups in total. The molecule has 1 aromatic heterocycles. The van der Waals surface area contributed by atoms with E-state index in [-0.39, 0.29) is 5.91 Å². The van der Waals surface area contributed by atoms with E-state index in [1.807, 2.05) is 44.2 Å². The molecule has 0 bridgehead atoms. The molecule has 1 aliphatic rings. The summed E-state index contributed by atoms with van der Waals surface area (Å²) in [6.45, 7) is 4.50. The molecule has 2 heterocycles. The largest absolute Gasteiger partial charge is 0.324 e. The summed E-state index contributed by atoms with van der Waals surface area (Å²) < 4.78 is 0. The van der Waals surface area contributed by atoms with Crippen molar-refractivity contribution in [2.45, 2.75) is 20.3 Å². The van der Waals surface area contributed by atoms with E-state index in [0.717, 1.165) is 29.2 Å². The maximum absolute atomic E-state index is 13.1. The van der Waals surface area contributed by atoms with Gasteiger partial charge in [0.25, 0.3) is 5.91 Å². The van der Waals surface area contributed by atoms with Gasteiger partial charge in [-0.1, -0.05) is 29.8 Å². The standard InChI is InChI=1S/C21H19ClN4O/c1-13-11-14(2)24-21(23-13)25-16-7-8-18(22)17(12-16)20(27)26-10-9-15-5-3-4-6-19(15)26/h3-8,11-12H,9-10H2,1-2H3,(H,23,24,25). The molecule has 1 amide bonds. The number of anilines is 3. The molecule has 0 atom stereocenters. The van der Waals surface area contributed by atoms with Gasteiger partial charge >= 0.3 is 0 Å². The van der Waals surface area contributed by atoms with Gasteiger partial charge in [0.15, 0.2) is 0 Å². The number of benzene rings is 2. The normalized spacial score (nSPS) is 12.8. The number of halogens is 1. The summed E-state index contributed by atoms with van der Waals surface area (Å²) in [5.41, 5.74) is 5.07. The number of fused-ring (bicyclic) bond motifs is 1. The van der Waals surface area contributed by atoms with Crippen molar-refractivity contribution in [3.05, 3.63) is 76.1 Å². The van der Waals surface area contributed by atoms with Gasteiger partial charge in [-0.3, -0.25) is 4.79 Å². The van der Waals surface area contributed by atoms with E-state index in [9.17, 15) is 4.79 Å². The minimum Gasteiger partial charge on any atom is -0.324 e. The van der Waals surface area contributed by atoms with Crippen LogP contribution in [0.4, 0.5) is 17.3 Å². The molecule has 0 saturated heterocycles. The zero-order chi connectivity index (χ0) is 19.0. The fourth-order valence-electron chi connectivity index (χ4n) is 3.37. The average Bonchev–Trinajstić information content (AvgIpc) is 3.06. The predicted molar refractivity (Wildman–Crippen MR) is 108 cm³/mol. The molecule has 0 aliphatic carbocycles. The highest BCUT2D eigenvalue weighted by Gasteiger charge is 2.26. The molecular weight excluding hydrogens is 360 g/mol. The molecule has 27 heavy (non-hydrogen) atoms. The molecule has 6 heteroatoms. The summed E-state index contributed by atoms with van der Waals surface area (Å²) in [6, 6.07) is 15.2. The molecule has 0 fully saturated rings. The van der Waals surface area contributed by atoms with E-state index in [4.69, 9.17) is 11.6 Å². The van der Waals surface area contributed by atoms with Crippen molar-refractivity contribution in [3.8, 4) is 0 Å². The summed E-state index contributed by atoms with van der Waals surface area (Å²) in [6.07, 6.45) is 0.855. The average molecular weight is 379 g/mol. The number of carbonyl (C=O) groups is 1. The van der Waals surface area contributed by atoms with Crippen molar-refractivity contribution >= 4 is 34.8 Å². The summed E-state index contributed by atoms with van der Waals surface area (Å²) in [4.78, 5) is 23.7. The second-order valence-corrected chi connectivity index (χ2v) is 7.04. The van der Waals surface area contributed by atoms with Crippen molar-refractivity contribution in [1.29, 1.82) is 0 Å². The third-order valence-corrected chi connectivity index (χ3v) is 4.90. The van der Waals surface area contributed by atoms with Gasteiger partial charge in [-0.2, -0.15) is 0 Å². The number of aromatic nitrogens is 2. The van der Waals surface area contributed by atoms with Gasteiger partial charge in [0, 0.05) is 29.3 Å². The Bertz CT molecular complexity index is 1010. The fourth-order valence-corrected chi connectivity index (χ4v) is 3.57. The van der Waals surface area contributed by atoms with E-state index in [1.54, 1.807) is 17.0 Å². The molecule has 0 saturated carbocycles. The van der Waals surface area contributed by atoms with Gasteiger partial charge in [-0.05, 0) is 56.2 Å². The van der Waals surface area contributed by atoms with Crippen molar-refractivity contribution in [2.24, 2.45) is 0 Å². The van der Waals surface area contributed by atoms with E-state index in [0.29, 0.717) is 23.1 Å². The first-order chi connectivity index (χ1) is 13.0. The Morgan fingerprint density at radius 1 is 1.07 bits per heavy atom. The lowest BCUT2D eigenvalue weighted by Gasteiger charge is -2.18. The van der Waals surface area contributed by atoms with E-state index >= 15 is 0 Å². The molecule has 0 spiro atoms. The number of aryl methyl sites for hydroxylation is 2. The highest BCUT2D eigenvalue weighted by atomic mass is 35.5. The lowest BCUT2D eigenvalue weighted by atomic mass is 10.1. The van der Waals surface area contributed by atoms with Gasteiger partial charge in [-0.25, -0.2) is 9.97 Å². The predicted octanol–water partition coefficient (Wildman–Crippen LogP) is 4.69. The number of hydrogen-bond donors (Lipinski definition) is 1. The SMILES string of the molecule is Cc1cc(C)nc(Nc2ccc(Cl)c(C(=O)N3CCc4ccccc43)c2)n1. The third kappa shape index (κ3) is 3.51. The number of nitrogens with one attached hydrogen (secondary N) is 1. The molecular formula is C21H19ClN4O. The Hall–Kier alpha value is -2.92. The Labute approximate surface area is 163 Å². The molecule has 1 aliphatic heterocycles. The zero-order valence-electron chi connectivity index (χ0n) is 15.2. The number of hydrogen-bond acceptors (Lipinski definition) is 4. The van der Waals surface area contributed by atoms with Gasteiger partial charge in [-0.15, -0.1) is 0 Å². The topological polar surface area (TPSA) is 58.1 Å². The van der Waals surface area contributed by atoms with Gasteiger partial charge in [0.2, 0.25) is 5.95 Å². The van der Waals surface area contributed by atoms with Gasteiger partial charge < -0.3 is 10.2 Å². The van der Waals surface area contributed by atoms with Crippen LogP contribution in [0.25, 0.3) is 0 Å². The maximum atomic E-state index is 13.1. The monoisotopic (exact) mass is 378 g/mol. The van der Waals surface area contributed by atoms with Crippen molar-refractivity contribution < 1.29 is 4.79 Å². The van der Waals surface area contributed by atoms with Crippen LogP contribution in [0.3, 0.4) is 0 Å². The molecule has 2 aromatic carbocycles. The van der Waals surface area contributed by atoms with E-state index in [1.165, 1.54) is 5.56 Å². The first kappa shape index (κ1) is 17.5. The maximum Gasteiger partial charge on any atom is 0.259 e. The number of nitrogens with zero attached hydrogens (tertiary/aromatic N) is 3. The Balaban J connectivity index is 1.64. The van der Waals surface area contributed by atoms with Gasteiger partial charge in [0.1, 0.15) is 0 Å². The molecule has 5 nitrogen and oxygen atoms in total. The van der Waals surface area contributed by atoms with Gasteiger partial charge in [0.05, 0.1) is 10.6 Å². The second-order valence-electron chi connectivity index (χ2n) is 6.63. The molecule has 0 radical (unpaired) electrons. The fraction of sp³-hybridized carbons (Fsp3) is 0.190. The number of amides is 1. The van der Waals surface area contributed by atoms with Crippen molar-refractivity contribution in [1.82, 2.24) is 9.97 Å². The van der Waals surface area contributed by atoms with Crippen LogP contribution in [0, 0.1) is 13.8 Å². The Kier molecular flexibility index (Phi) is 4.54. The summed E-state index contributed by atoms with van der Waals surface area (Å²) in [5, 5.41) is 3.59. The van der Waals surface area contributed by atoms with Crippen LogP contribution in [-0.4, -0.2) is 22.4 Å². The van der Waals surface area contributed by atoms with Crippen LogP contribution < -0.4 is 10.2 Å². The minimum absolute atomic E-state index is 0.102. The summed E-state index contributed by atoms with van der Waals surface area (Å²) in [7, 11) is 0. The second kappa shape index (κ2) is 7.00. The lowest BCUT2D eigenvalue weighted by Crippen LogP contribution is -2.29. The third-order valence-electron chi connectivity index (χ3n) is 4.57. The molecule has 3 aromatic rings. The summed E-state index contributed by atoms with van der Waals surface area (Å²) in [5.74, 6) is 0.398. The Morgan fingerprint density at radius 3 is 2.59 bits per heavy atom. The first-order valence-electron chi connectivity index (χ1n) is 8.80. The number of rotatable bonds is 3. The van der Waals surface area contributed by atoms with Crippen LogP contribution in [0.5, 0.6) is 0 Å². The van der Waals surface area contributed by atoms with Crippen LogP contribution in [0.1, 0.15) is 27.3 Å². The number of para-hydroxylation sites is 1. The number of carbonyl (C=O) groups excluding carboxylic acids is 1. The van der Waals surface area contributed by atoms with Crippen molar-refractivity contribution in [2.75, 3.05) is 16.8 Å². The molecule has 136 valence electrons. The van der Waals surface area contributed by atoms with Crippen LogP contribution >= 0.6 is 11.6 Å². The zero-order valence-corrected chi connectivity index (χ0v) is 15.9. The highest BCUT2D eigenvalue weighted by molar-refractivity contribution is 6.34. The van der Waals surface area contributed by atoms with Crippen LogP contribution in [0.15, 0.2) is 48.5 Å². The van der Waals surface area contributed by atoms with Crippen LogP contribution in [0.2, 0.25) is 5.02 Å². The Morgan fingerprint density at radius 2 is 1.81 bits per heavy atom. The first-order valence-corrected chi connectivity index (χ1v) is 9.18. The summed E-state index contributed by atoms with van der Waals surface area (Å²) >= 11 is 6.34. The molecule has 0 unspecified atom stereocenters. The highest BCUT2D eigenvalue weighted by Crippen LogP contribution is 2.31. The quantitative estimate of drug-likeness (QED) is 0.718. The smallest absolute Gasteiger partial charge is 0.259 e. The lowest BCUT2D eigenvalue weighted by molar-refractivity contribution is 0.0989. The van der Waals surface area contributed by atoms with E-state index < -0.39 is 0 Å². The molecule has 4 rings (SSSR count). The van der Waals surface area contributed by atoms with E-state index in [2.05, 4.69) is 21.4 Å². The minimum atomic E-state index is -0.102. The van der Waals surface area contributed by atoms with Crippen molar-refractivity contribution in [3.63, 3.8) is 0 Å².